The number of aryl methyl sites for hydroxylation is 1. The van der Waals surface area contributed by atoms with Crippen molar-refractivity contribution in [2.45, 2.75) is 6.04 Å². The number of rotatable bonds is 9. The highest BCUT2D eigenvalue weighted by molar-refractivity contribution is 6.09. The number of nitro benzene ring substituents is 1. The van der Waals surface area contributed by atoms with Crippen LogP contribution in [0.1, 0.15) is 33.4 Å². The van der Waals surface area contributed by atoms with Crippen LogP contribution in [0.25, 0.3) is 0 Å². The van der Waals surface area contributed by atoms with Crippen molar-refractivity contribution in [1.29, 1.82) is 0 Å². The third-order valence-electron chi connectivity index (χ3n) is 5.62. The first-order valence-corrected chi connectivity index (χ1v) is 10.8. The maximum atomic E-state index is 12.9. The minimum Gasteiger partial charge on any atom is -0.497 e. The molecule has 1 aromatic heterocycles. The second-order valence-electron chi connectivity index (χ2n) is 7.80. The van der Waals surface area contributed by atoms with Crippen molar-refractivity contribution >= 4 is 17.2 Å². The van der Waals surface area contributed by atoms with Crippen LogP contribution in [0.15, 0.2) is 79.1 Å². The summed E-state index contributed by atoms with van der Waals surface area (Å²) < 4.78 is 12.6. The van der Waals surface area contributed by atoms with E-state index < -0.39 is 11.0 Å². The topological polar surface area (TPSA) is 109 Å². The molecule has 1 unspecified atom stereocenters. The Kier molecular flexibility index (Phi) is 6.77. The number of nitrogens with zero attached hydrogens (tertiary/aromatic N) is 3. The lowest BCUT2D eigenvalue weighted by molar-refractivity contribution is -0.384. The summed E-state index contributed by atoms with van der Waals surface area (Å²) in [6.07, 6.45) is 3.44. The van der Waals surface area contributed by atoms with Crippen LogP contribution >= 0.6 is 0 Å². The molecule has 9 nitrogen and oxygen atoms in total. The summed E-state index contributed by atoms with van der Waals surface area (Å²) in [5, 5.41) is 15.2. The van der Waals surface area contributed by atoms with Crippen LogP contribution in [0.3, 0.4) is 0 Å². The monoisotopic (exact) mass is 472 g/mol. The Morgan fingerprint density at radius 2 is 1.69 bits per heavy atom. The molecule has 178 valence electrons. The van der Waals surface area contributed by atoms with Gasteiger partial charge in [0, 0.05) is 42.7 Å². The Hall–Kier alpha value is -4.66. The molecule has 9 heteroatoms. The van der Waals surface area contributed by atoms with Crippen molar-refractivity contribution in [2.24, 2.45) is 7.05 Å². The zero-order valence-corrected chi connectivity index (χ0v) is 19.5. The molecular formula is C26H24N4O5. The zero-order valence-electron chi connectivity index (χ0n) is 19.5. The second kappa shape index (κ2) is 10.1. The number of nitro groups is 1. The number of benzene rings is 3. The van der Waals surface area contributed by atoms with E-state index >= 15 is 0 Å². The predicted octanol–water partition coefficient (Wildman–Crippen LogP) is 4.78. The normalized spacial score (nSPS) is 11.5. The average Bonchev–Trinajstić information content (AvgIpc) is 3.32. The van der Waals surface area contributed by atoms with E-state index in [1.54, 1.807) is 75.1 Å². The molecule has 3 aromatic carbocycles. The molecule has 35 heavy (non-hydrogen) atoms. The van der Waals surface area contributed by atoms with Crippen molar-refractivity contribution in [3.63, 3.8) is 0 Å². The number of ether oxygens (including phenoxy) is 2. The summed E-state index contributed by atoms with van der Waals surface area (Å²) in [5.41, 5.74) is 1.44. The molecular weight excluding hydrogens is 448 g/mol. The van der Waals surface area contributed by atoms with Crippen LogP contribution in [-0.4, -0.2) is 34.5 Å². The van der Waals surface area contributed by atoms with Crippen LogP contribution in [0.5, 0.6) is 11.5 Å². The molecule has 0 aliphatic carbocycles. The number of ketones is 1. The van der Waals surface area contributed by atoms with E-state index in [2.05, 4.69) is 10.3 Å². The number of hydrogen-bond donors (Lipinski definition) is 1. The first-order chi connectivity index (χ1) is 16.9. The number of carbonyl (C=O) groups is 1. The predicted molar refractivity (Wildman–Crippen MR) is 131 cm³/mol. The van der Waals surface area contributed by atoms with Gasteiger partial charge in [0.15, 0.2) is 5.78 Å². The van der Waals surface area contributed by atoms with E-state index in [-0.39, 0.29) is 22.7 Å². The maximum Gasteiger partial charge on any atom is 0.293 e. The molecule has 0 radical (unpaired) electrons. The Balaban J connectivity index is 1.78. The van der Waals surface area contributed by atoms with Gasteiger partial charge in [0.25, 0.3) is 5.69 Å². The molecule has 1 atom stereocenters. The van der Waals surface area contributed by atoms with Gasteiger partial charge < -0.3 is 19.4 Å². The summed E-state index contributed by atoms with van der Waals surface area (Å²) >= 11 is 0. The number of methoxy groups -OCH3 is 2. The summed E-state index contributed by atoms with van der Waals surface area (Å²) in [5.74, 6) is 1.47. The minimum atomic E-state index is -0.576. The number of anilines is 1. The SMILES string of the molecule is COc1cc(OC)cc(C(Nc2ccc(C(=O)c3ccccc3)cc2[N+](=O)[O-])c2nccn2C)c1. The summed E-state index contributed by atoms with van der Waals surface area (Å²) in [7, 11) is 4.94. The Labute approximate surface area is 202 Å². The molecule has 0 spiro atoms. The van der Waals surface area contributed by atoms with E-state index in [4.69, 9.17) is 9.47 Å². The fraction of sp³-hybridized carbons (Fsp3) is 0.154. The summed E-state index contributed by atoms with van der Waals surface area (Å²) in [4.78, 5) is 28.8. The third-order valence-corrected chi connectivity index (χ3v) is 5.62. The van der Waals surface area contributed by atoms with E-state index in [1.807, 2.05) is 23.7 Å². The van der Waals surface area contributed by atoms with Crippen molar-refractivity contribution in [3.05, 3.63) is 112 Å². The Morgan fingerprint density at radius 3 is 2.26 bits per heavy atom. The minimum absolute atomic E-state index is 0.221. The first kappa shape index (κ1) is 23.5. The van der Waals surface area contributed by atoms with Gasteiger partial charge in [-0.1, -0.05) is 30.3 Å². The lowest BCUT2D eigenvalue weighted by Crippen LogP contribution is -2.18. The smallest absolute Gasteiger partial charge is 0.293 e. The fourth-order valence-corrected chi connectivity index (χ4v) is 3.81. The summed E-state index contributed by atoms with van der Waals surface area (Å²) in [6.45, 7) is 0. The van der Waals surface area contributed by atoms with E-state index in [1.165, 1.54) is 6.07 Å². The molecule has 0 saturated carbocycles. The fourth-order valence-electron chi connectivity index (χ4n) is 3.81. The van der Waals surface area contributed by atoms with Crippen molar-refractivity contribution in [3.8, 4) is 11.5 Å². The van der Waals surface area contributed by atoms with Gasteiger partial charge in [0.1, 0.15) is 29.1 Å². The molecule has 0 aliphatic rings. The Morgan fingerprint density at radius 1 is 1.00 bits per heavy atom. The van der Waals surface area contributed by atoms with Gasteiger partial charge in [-0.05, 0) is 29.8 Å². The van der Waals surface area contributed by atoms with Crippen LogP contribution in [0, 0.1) is 10.1 Å². The molecule has 1 heterocycles. The number of aromatic nitrogens is 2. The summed E-state index contributed by atoms with van der Waals surface area (Å²) in [6, 6.07) is 17.8. The first-order valence-electron chi connectivity index (χ1n) is 10.8. The molecule has 0 amide bonds. The maximum absolute atomic E-state index is 12.9. The van der Waals surface area contributed by atoms with Crippen LogP contribution in [-0.2, 0) is 7.05 Å². The van der Waals surface area contributed by atoms with E-state index in [0.29, 0.717) is 22.9 Å². The van der Waals surface area contributed by atoms with Gasteiger partial charge in [0.05, 0.1) is 19.1 Å². The highest BCUT2D eigenvalue weighted by Crippen LogP contribution is 2.35. The third kappa shape index (κ3) is 4.98. The van der Waals surface area contributed by atoms with Gasteiger partial charge in [0.2, 0.25) is 0 Å². The lowest BCUT2D eigenvalue weighted by atomic mass is 10.0. The average molecular weight is 473 g/mol. The lowest BCUT2D eigenvalue weighted by Gasteiger charge is -2.21. The molecule has 0 bridgehead atoms. The van der Waals surface area contributed by atoms with E-state index in [9.17, 15) is 14.9 Å². The zero-order chi connectivity index (χ0) is 24.9. The van der Waals surface area contributed by atoms with Gasteiger partial charge in [-0.3, -0.25) is 14.9 Å². The largest absolute Gasteiger partial charge is 0.497 e. The number of hydrogen-bond acceptors (Lipinski definition) is 7. The number of nitrogens with one attached hydrogen (secondary N) is 1. The number of carbonyl (C=O) groups excluding carboxylic acids is 1. The second-order valence-corrected chi connectivity index (χ2v) is 7.80. The van der Waals surface area contributed by atoms with Crippen molar-refractivity contribution in [1.82, 2.24) is 9.55 Å². The molecule has 0 aliphatic heterocycles. The van der Waals surface area contributed by atoms with Gasteiger partial charge >= 0.3 is 0 Å². The molecule has 4 aromatic rings. The van der Waals surface area contributed by atoms with Crippen LogP contribution < -0.4 is 14.8 Å². The van der Waals surface area contributed by atoms with Crippen molar-refractivity contribution in [2.75, 3.05) is 19.5 Å². The Bertz CT molecular complexity index is 1350. The van der Waals surface area contributed by atoms with Crippen LogP contribution in [0.4, 0.5) is 11.4 Å². The van der Waals surface area contributed by atoms with E-state index in [0.717, 1.165) is 5.56 Å². The molecule has 0 fully saturated rings. The van der Waals surface area contributed by atoms with Gasteiger partial charge in [-0.25, -0.2) is 4.98 Å². The van der Waals surface area contributed by atoms with Gasteiger partial charge in [-0.15, -0.1) is 0 Å². The standard InChI is InChI=1S/C26H24N4O5/c1-29-12-11-27-26(29)24(19-13-20(34-2)16-21(14-19)35-3)28-22-10-9-18(15-23(22)30(32)33)25(31)17-7-5-4-6-8-17/h4-16,24,28H,1-3H3. The molecule has 4 rings (SSSR count). The van der Waals surface area contributed by atoms with Crippen LogP contribution in [0.2, 0.25) is 0 Å². The quantitative estimate of drug-likeness (QED) is 0.212. The molecule has 0 saturated heterocycles. The highest BCUT2D eigenvalue weighted by atomic mass is 16.6. The van der Waals surface area contributed by atoms with Gasteiger partial charge in [-0.2, -0.15) is 0 Å². The van der Waals surface area contributed by atoms with Crippen molar-refractivity contribution < 1.29 is 19.2 Å². The number of imidazole rings is 1. The molecule has 1 N–H and O–H groups in total. The highest BCUT2D eigenvalue weighted by Gasteiger charge is 2.25.